The quantitative estimate of drug-likeness (QED) is 0.623. The molecule has 1 fully saturated rings. The Bertz CT molecular complexity index is 485. The maximum Gasteiger partial charge on any atom is 0.246 e. The molecule has 2 rings (SSSR count). The number of ether oxygens (including phenoxy) is 1. The molecule has 1 amide bonds. The molecule has 1 aliphatic heterocycles. The van der Waals surface area contributed by atoms with E-state index in [9.17, 15) is 4.79 Å². The zero-order chi connectivity index (χ0) is 13.8. The molecule has 0 atom stereocenters. The molecule has 1 aromatic heterocycles. The van der Waals surface area contributed by atoms with Crippen molar-refractivity contribution in [3.63, 3.8) is 0 Å². The number of anilines is 1. The Labute approximate surface area is 117 Å². The fourth-order valence-corrected chi connectivity index (χ4v) is 2.21. The predicted octanol–water partition coefficient (Wildman–Crippen LogP) is 1.58. The lowest BCUT2D eigenvalue weighted by molar-refractivity contribution is -0.126. The van der Waals surface area contributed by atoms with Crippen molar-refractivity contribution >= 4 is 23.3 Å². The average molecular weight is 282 g/mol. The average Bonchev–Trinajstić information content (AvgIpc) is 2.46. The van der Waals surface area contributed by atoms with Gasteiger partial charge in [-0.05, 0) is 18.2 Å². The fraction of sp³-hybridized carbons (Fsp3) is 0.385. The van der Waals surface area contributed by atoms with Crippen LogP contribution in [0.2, 0.25) is 5.15 Å². The Hall–Kier alpha value is -1.75. The number of carbonyl (C=O) groups excluding carboxylic acids is 1. The first-order chi connectivity index (χ1) is 9.15. The topological polar surface area (TPSA) is 45.7 Å². The van der Waals surface area contributed by atoms with Crippen molar-refractivity contribution in [2.75, 3.05) is 38.2 Å². The minimum absolute atomic E-state index is 0.0364. The van der Waals surface area contributed by atoms with Crippen molar-refractivity contribution < 1.29 is 9.53 Å². The summed E-state index contributed by atoms with van der Waals surface area (Å²) in [6.07, 6.45) is 1.34. The van der Waals surface area contributed by atoms with Crippen LogP contribution in [0.25, 0.3) is 0 Å². The summed E-state index contributed by atoms with van der Waals surface area (Å²) in [4.78, 5) is 19.6. The van der Waals surface area contributed by atoms with E-state index in [0.717, 1.165) is 5.82 Å². The highest BCUT2D eigenvalue weighted by Gasteiger charge is 2.22. The number of aromatic nitrogens is 1. The van der Waals surface area contributed by atoms with Gasteiger partial charge in [-0.2, -0.15) is 0 Å². The maximum atomic E-state index is 11.5. The van der Waals surface area contributed by atoms with Crippen molar-refractivity contribution in [1.82, 2.24) is 9.88 Å². The van der Waals surface area contributed by atoms with Gasteiger partial charge in [0.05, 0.1) is 7.11 Å². The third-order valence-electron chi connectivity index (χ3n) is 3.09. The van der Waals surface area contributed by atoms with Crippen LogP contribution in [0, 0.1) is 0 Å². The SMILES string of the molecule is C=CC(=O)N1CCN(c2nc(Cl)ccc2OC)CC1. The number of nitrogens with zero attached hydrogens (tertiary/aromatic N) is 3. The van der Waals surface area contributed by atoms with Crippen LogP contribution in [0.15, 0.2) is 24.8 Å². The highest BCUT2D eigenvalue weighted by Crippen LogP contribution is 2.28. The summed E-state index contributed by atoms with van der Waals surface area (Å²) in [6, 6.07) is 3.49. The second-order valence-corrected chi connectivity index (χ2v) is 4.56. The Morgan fingerprint density at radius 3 is 2.68 bits per heavy atom. The first kappa shape index (κ1) is 13.7. The van der Waals surface area contributed by atoms with E-state index in [1.807, 2.05) is 0 Å². The monoisotopic (exact) mass is 281 g/mol. The van der Waals surface area contributed by atoms with Gasteiger partial charge in [-0.3, -0.25) is 4.79 Å². The van der Waals surface area contributed by atoms with E-state index < -0.39 is 0 Å². The number of carbonyl (C=O) groups is 1. The summed E-state index contributed by atoms with van der Waals surface area (Å²) < 4.78 is 5.29. The highest BCUT2D eigenvalue weighted by atomic mass is 35.5. The molecule has 0 spiro atoms. The number of amides is 1. The van der Waals surface area contributed by atoms with Crippen LogP contribution in [0.1, 0.15) is 0 Å². The molecule has 0 N–H and O–H groups in total. The molecule has 2 heterocycles. The van der Waals surface area contributed by atoms with Crippen LogP contribution < -0.4 is 9.64 Å². The minimum Gasteiger partial charge on any atom is -0.493 e. The Morgan fingerprint density at radius 2 is 2.11 bits per heavy atom. The molecule has 0 aliphatic carbocycles. The van der Waals surface area contributed by atoms with E-state index >= 15 is 0 Å². The van der Waals surface area contributed by atoms with Gasteiger partial charge in [-0.15, -0.1) is 0 Å². The first-order valence-corrected chi connectivity index (χ1v) is 6.40. The predicted molar refractivity (Wildman–Crippen MR) is 74.8 cm³/mol. The summed E-state index contributed by atoms with van der Waals surface area (Å²) in [5, 5.41) is 0.431. The van der Waals surface area contributed by atoms with E-state index in [0.29, 0.717) is 37.1 Å². The number of halogens is 1. The van der Waals surface area contributed by atoms with Crippen LogP contribution in [0.3, 0.4) is 0 Å². The normalized spacial score (nSPS) is 15.3. The van der Waals surface area contributed by atoms with Crippen molar-refractivity contribution in [3.05, 3.63) is 29.9 Å². The van der Waals surface area contributed by atoms with E-state index in [2.05, 4.69) is 16.5 Å². The molecular formula is C13H16ClN3O2. The number of methoxy groups -OCH3 is 1. The number of hydrogen-bond donors (Lipinski definition) is 0. The van der Waals surface area contributed by atoms with Gasteiger partial charge in [0.1, 0.15) is 5.15 Å². The third kappa shape index (κ3) is 2.98. The molecule has 0 bridgehead atoms. The number of piperazine rings is 1. The molecule has 0 saturated carbocycles. The molecule has 6 heteroatoms. The Balaban J connectivity index is 2.11. The van der Waals surface area contributed by atoms with E-state index in [1.165, 1.54) is 6.08 Å². The van der Waals surface area contributed by atoms with Gasteiger partial charge in [0.25, 0.3) is 0 Å². The molecule has 19 heavy (non-hydrogen) atoms. The number of hydrogen-bond acceptors (Lipinski definition) is 4. The first-order valence-electron chi connectivity index (χ1n) is 6.02. The van der Waals surface area contributed by atoms with Crippen LogP contribution in [-0.2, 0) is 4.79 Å². The lowest BCUT2D eigenvalue weighted by Gasteiger charge is -2.35. The van der Waals surface area contributed by atoms with Gasteiger partial charge in [0.15, 0.2) is 11.6 Å². The summed E-state index contributed by atoms with van der Waals surface area (Å²) in [7, 11) is 1.60. The van der Waals surface area contributed by atoms with Gasteiger partial charge in [0, 0.05) is 26.2 Å². The summed E-state index contributed by atoms with van der Waals surface area (Å²) >= 11 is 5.92. The molecule has 0 aromatic carbocycles. The fourth-order valence-electron chi connectivity index (χ4n) is 2.07. The van der Waals surface area contributed by atoms with E-state index in [1.54, 1.807) is 24.1 Å². The third-order valence-corrected chi connectivity index (χ3v) is 3.30. The summed E-state index contributed by atoms with van der Waals surface area (Å²) in [5.41, 5.74) is 0. The van der Waals surface area contributed by atoms with E-state index in [-0.39, 0.29) is 5.91 Å². The summed E-state index contributed by atoms with van der Waals surface area (Å²) in [5.74, 6) is 1.37. The molecule has 1 saturated heterocycles. The standard InChI is InChI=1S/C13H16ClN3O2/c1-3-12(18)16-6-8-17(9-7-16)13-10(19-2)4-5-11(14)15-13/h3-5H,1,6-9H2,2H3. The largest absolute Gasteiger partial charge is 0.493 e. The zero-order valence-corrected chi connectivity index (χ0v) is 11.6. The second kappa shape index (κ2) is 5.93. The minimum atomic E-state index is -0.0364. The van der Waals surface area contributed by atoms with Gasteiger partial charge in [-0.1, -0.05) is 18.2 Å². The van der Waals surface area contributed by atoms with Gasteiger partial charge in [0.2, 0.25) is 5.91 Å². The van der Waals surface area contributed by atoms with Crippen LogP contribution >= 0.6 is 11.6 Å². The molecule has 102 valence electrons. The molecule has 1 aliphatic rings. The van der Waals surface area contributed by atoms with Gasteiger partial charge in [-0.25, -0.2) is 4.98 Å². The van der Waals surface area contributed by atoms with Gasteiger partial charge < -0.3 is 14.5 Å². The zero-order valence-electron chi connectivity index (χ0n) is 10.8. The summed E-state index contributed by atoms with van der Waals surface area (Å²) in [6.45, 7) is 6.17. The van der Waals surface area contributed by atoms with E-state index in [4.69, 9.17) is 16.3 Å². The van der Waals surface area contributed by atoms with Crippen molar-refractivity contribution in [2.24, 2.45) is 0 Å². The van der Waals surface area contributed by atoms with Crippen molar-refractivity contribution in [3.8, 4) is 5.75 Å². The number of pyridine rings is 1. The van der Waals surface area contributed by atoms with Crippen LogP contribution in [0.5, 0.6) is 5.75 Å². The molecule has 0 radical (unpaired) electrons. The van der Waals surface area contributed by atoms with Crippen molar-refractivity contribution in [1.29, 1.82) is 0 Å². The Kier molecular flexibility index (Phi) is 4.27. The molecule has 5 nitrogen and oxygen atoms in total. The smallest absolute Gasteiger partial charge is 0.246 e. The maximum absolute atomic E-state index is 11.5. The Morgan fingerprint density at radius 1 is 1.42 bits per heavy atom. The lowest BCUT2D eigenvalue weighted by Crippen LogP contribution is -2.48. The molecule has 0 unspecified atom stereocenters. The van der Waals surface area contributed by atoms with Crippen molar-refractivity contribution in [2.45, 2.75) is 0 Å². The highest BCUT2D eigenvalue weighted by molar-refractivity contribution is 6.29. The second-order valence-electron chi connectivity index (χ2n) is 4.18. The molecular weight excluding hydrogens is 266 g/mol. The van der Waals surface area contributed by atoms with Crippen LogP contribution in [-0.4, -0.2) is 49.1 Å². The van der Waals surface area contributed by atoms with Crippen LogP contribution in [0.4, 0.5) is 5.82 Å². The van der Waals surface area contributed by atoms with Gasteiger partial charge >= 0.3 is 0 Å². The number of rotatable bonds is 3. The lowest BCUT2D eigenvalue weighted by atomic mass is 10.3. The molecule has 1 aromatic rings.